The normalized spacial score (nSPS) is 52.0. The first-order valence-electron chi connectivity index (χ1n) is 21.5. The van der Waals surface area contributed by atoms with Crippen molar-refractivity contribution < 1.29 is 29.2 Å². The van der Waals surface area contributed by atoms with E-state index in [-0.39, 0.29) is 40.8 Å². The van der Waals surface area contributed by atoms with Crippen molar-refractivity contribution in [2.24, 2.45) is 50.7 Å². The Bertz CT molecular complexity index is 1330. The van der Waals surface area contributed by atoms with E-state index in [0.717, 1.165) is 38.6 Å². The van der Waals surface area contributed by atoms with E-state index in [0.29, 0.717) is 47.2 Å². The van der Waals surface area contributed by atoms with Crippen LogP contribution in [0.5, 0.6) is 0 Å². The first kappa shape index (κ1) is 36.3. The standard InChI is InChI=1S/C43H72N2O6/c1-9-48-37(39(5,6)47)29-21-26(2)34-35(50-29)36(46)41(8)31-14-13-30-38(3,4)32(15-16-42(30)25-43(31,42)18-17-40(34,41)7)51-33-24-44(19-20-49-33)28-22-45(23-28)27-11-10-12-27/h26-37,46-47H,9-25H2,1-8H3/t26-,29?,30+,31?,32+,33+,34+,35?,36+,37+,40-,41-,42-,43?/m1/s1. The van der Waals surface area contributed by atoms with Gasteiger partial charge in [0, 0.05) is 50.3 Å². The van der Waals surface area contributed by atoms with Crippen LogP contribution in [0.4, 0.5) is 0 Å². The third-order valence-corrected chi connectivity index (χ3v) is 18.5. The lowest BCUT2D eigenvalue weighted by atomic mass is 9.41. The molecule has 8 heteroatoms. The number of hydrogen-bond donors (Lipinski definition) is 2. The number of fused-ring (bicyclic) bond motifs is 4. The zero-order chi connectivity index (χ0) is 35.9. The molecule has 8 nitrogen and oxygen atoms in total. The van der Waals surface area contributed by atoms with E-state index in [1.165, 1.54) is 70.9 Å². The smallest absolute Gasteiger partial charge is 0.170 e. The largest absolute Gasteiger partial charge is 0.390 e. The van der Waals surface area contributed by atoms with Crippen molar-refractivity contribution in [3.63, 3.8) is 0 Å². The lowest BCUT2D eigenvalue weighted by molar-refractivity contribution is -0.254. The molecule has 0 amide bonds. The summed E-state index contributed by atoms with van der Waals surface area (Å²) < 4.78 is 26.5. The highest BCUT2D eigenvalue weighted by molar-refractivity contribution is 5.33. The van der Waals surface area contributed by atoms with Gasteiger partial charge in [-0.1, -0.05) is 41.0 Å². The Morgan fingerprint density at radius 2 is 1.63 bits per heavy atom. The molecule has 0 bridgehead atoms. The van der Waals surface area contributed by atoms with Gasteiger partial charge in [-0.15, -0.1) is 0 Å². The molecule has 9 aliphatic rings. The van der Waals surface area contributed by atoms with Crippen molar-refractivity contribution in [3.05, 3.63) is 0 Å². The molecule has 9 rings (SSSR count). The molecule has 2 N–H and O–H groups in total. The molecular weight excluding hydrogens is 640 g/mol. The van der Waals surface area contributed by atoms with Gasteiger partial charge in [0.1, 0.15) is 6.10 Å². The molecule has 290 valence electrons. The van der Waals surface area contributed by atoms with E-state index in [1.807, 2.05) is 20.8 Å². The molecule has 0 aromatic rings. The quantitative estimate of drug-likeness (QED) is 0.306. The minimum Gasteiger partial charge on any atom is -0.390 e. The van der Waals surface area contributed by atoms with E-state index in [1.54, 1.807) is 0 Å². The summed E-state index contributed by atoms with van der Waals surface area (Å²) in [4.78, 5) is 5.37. The average molecular weight is 713 g/mol. The lowest BCUT2D eigenvalue weighted by Crippen LogP contribution is -2.66. The molecule has 3 aliphatic heterocycles. The highest BCUT2D eigenvalue weighted by Crippen LogP contribution is 2.89. The van der Waals surface area contributed by atoms with Gasteiger partial charge >= 0.3 is 0 Å². The molecule has 0 radical (unpaired) electrons. The fraction of sp³-hybridized carbons (Fsp3) is 1.00. The van der Waals surface area contributed by atoms with Crippen molar-refractivity contribution >= 4 is 0 Å². The summed E-state index contributed by atoms with van der Waals surface area (Å²) >= 11 is 0. The number of hydrogen-bond acceptors (Lipinski definition) is 8. The topological polar surface area (TPSA) is 83.9 Å². The summed E-state index contributed by atoms with van der Waals surface area (Å²) in [6.07, 6.45) is 12.5. The van der Waals surface area contributed by atoms with Gasteiger partial charge in [0.15, 0.2) is 6.29 Å². The van der Waals surface area contributed by atoms with Crippen molar-refractivity contribution in [1.29, 1.82) is 0 Å². The predicted molar refractivity (Wildman–Crippen MR) is 197 cm³/mol. The van der Waals surface area contributed by atoms with E-state index >= 15 is 0 Å². The van der Waals surface area contributed by atoms with Gasteiger partial charge < -0.3 is 29.2 Å². The number of aliphatic hydroxyl groups excluding tert-OH is 1. The fourth-order valence-electron chi connectivity index (χ4n) is 15.7. The molecule has 3 saturated heterocycles. The summed E-state index contributed by atoms with van der Waals surface area (Å²) in [5, 5.41) is 23.8. The summed E-state index contributed by atoms with van der Waals surface area (Å²) in [7, 11) is 0. The van der Waals surface area contributed by atoms with E-state index in [4.69, 9.17) is 18.9 Å². The highest BCUT2D eigenvalue weighted by Gasteiger charge is 2.84. The summed E-state index contributed by atoms with van der Waals surface area (Å²) in [5.41, 5.74) is -0.399. The van der Waals surface area contributed by atoms with Crippen LogP contribution < -0.4 is 0 Å². The van der Waals surface area contributed by atoms with Gasteiger partial charge in [-0.2, -0.15) is 0 Å². The van der Waals surface area contributed by atoms with Crippen LogP contribution in [0.2, 0.25) is 0 Å². The molecule has 6 aliphatic carbocycles. The van der Waals surface area contributed by atoms with Crippen LogP contribution in [-0.4, -0.2) is 114 Å². The molecular formula is C43H72N2O6. The SMILES string of the molecule is CCO[C@@H](C1C[C@@H](C)[C@H]2C(O1)[C@H](O)[C@@]1(C)C3CC[C@H]4C(C)(C)[C@@H](O[C@H]5CN(C6CN(C7CCC7)C6)CCO5)CC[C@@]45CC35CC[C@]21C)C(C)(C)O. The van der Waals surface area contributed by atoms with Crippen LogP contribution in [0.25, 0.3) is 0 Å². The van der Waals surface area contributed by atoms with Crippen LogP contribution in [0.3, 0.4) is 0 Å². The van der Waals surface area contributed by atoms with Crippen molar-refractivity contribution in [1.82, 2.24) is 9.80 Å². The summed E-state index contributed by atoms with van der Waals surface area (Å²) in [6.45, 7) is 23.9. The predicted octanol–water partition coefficient (Wildman–Crippen LogP) is 6.26. The minimum atomic E-state index is -1.01. The maximum atomic E-state index is 12.7. The molecule has 9 fully saturated rings. The second kappa shape index (κ2) is 12.1. The number of nitrogens with zero attached hydrogens (tertiary/aromatic N) is 2. The molecule has 51 heavy (non-hydrogen) atoms. The number of likely N-dealkylation sites (tertiary alicyclic amines) is 1. The second-order valence-electron chi connectivity index (χ2n) is 21.2. The molecule has 0 aromatic carbocycles. The molecule has 6 saturated carbocycles. The van der Waals surface area contributed by atoms with Crippen LogP contribution >= 0.6 is 0 Å². The molecule has 0 aromatic heterocycles. The van der Waals surface area contributed by atoms with Crippen LogP contribution in [0, 0.1) is 50.7 Å². The summed E-state index contributed by atoms with van der Waals surface area (Å²) in [6, 6.07) is 1.53. The van der Waals surface area contributed by atoms with Crippen molar-refractivity contribution in [2.75, 3.05) is 39.4 Å². The first-order valence-corrected chi connectivity index (χ1v) is 21.5. The maximum Gasteiger partial charge on any atom is 0.170 e. The Hall–Kier alpha value is -0.320. The molecule has 3 heterocycles. The monoisotopic (exact) mass is 713 g/mol. The lowest BCUT2D eigenvalue weighted by Gasteiger charge is -2.64. The Balaban J connectivity index is 0.906. The number of morpholine rings is 1. The minimum absolute atomic E-state index is 0.0270. The van der Waals surface area contributed by atoms with Crippen LogP contribution in [0.1, 0.15) is 126 Å². The van der Waals surface area contributed by atoms with E-state index in [9.17, 15) is 10.2 Å². The molecule has 2 spiro atoms. The number of ether oxygens (including phenoxy) is 4. The zero-order valence-electron chi connectivity index (χ0n) is 33.4. The van der Waals surface area contributed by atoms with Gasteiger partial charge in [0.25, 0.3) is 0 Å². The van der Waals surface area contributed by atoms with Gasteiger partial charge in [0.05, 0.1) is 36.6 Å². The Kier molecular flexibility index (Phi) is 8.61. The number of aliphatic hydroxyl groups is 2. The van der Waals surface area contributed by atoms with E-state index in [2.05, 4.69) is 44.4 Å². The Labute approximate surface area is 309 Å². The zero-order valence-corrected chi connectivity index (χ0v) is 33.4. The highest BCUT2D eigenvalue weighted by atomic mass is 16.7. The second-order valence-corrected chi connectivity index (χ2v) is 21.2. The van der Waals surface area contributed by atoms with Crippen molar-refractivity contribution in [2.45, 2.75) is 181 Å². The van der Waals surface area contributed by atoms with Gasteiger partial charge in [-0.3, -0.25) is 9.80 Å². The van der Waals surface area contributed by atoms with Crippen LogP contribution in [-0.2, 0) is 18.9 Å². The molecule has 4 unspecified atom stereocenters. The number of rotatable bonds is 8. The first-order chi connectivity index (χ1) is 24.1. The Morgan fingerprint density at radius 1 is 0.902 bits per heavy atom. The fourth-order valence-corrected chi connectivity index (χ4v) is 15.7. The molecule has 14 atom stereocenters. The third kappa shape index (κ3) is 4.97. The Morgan fingerprint density at radius 3 is 2.31 bits per heavy atom. The van der Waals surface area contributed by atoms with Crippen LogP contribution in [0.15, 0.2) is 0 Å². The van der Waals surface area contributed by atoms with E-state index < -0.39 is 17.8 Å². The van der Waals surface area contributed by atoms with Gasteiger partial charge in [0.2, 0.25) is 0 Å². The average Bonchev–Trinajstić information content (AvgIpc) is 3.66. The maximum absolute atomic E-state index is 12.7. The third-order valence-electron chi connectivity index (χ3n) is 18.5. The van der Waals surface area contributed by atoms with Crippen molar-refractivity contribution in [3.8, 4) is 0 Å². The summed E-state index contributed by atoms with van der Waals surface area (Å²) in [5.74, 6) is 1.88. The van der Waals surface area contributed by atoms with Gasteiger partial charge in [-0.05, 0) is 130 Å². The van der Waals surface area contributed by atoms with Gasteiger partial charge in [-0.25, -0.2) is 0 Å².